The van der Waals surface area contributed by atoms with E-state index in [0.717, 1.165) is 30.1 Å². The minimum Gasteiger partial charge on any atom is -0.492 e. The largest absolute Gasteiger partial charge is 0.492 e. The van der Waals surface area contributed by atoms with E-state index in [1.807, 2.05) is 0 Å². The molecule has 0 spiro atoms. The molecule has 0 saturated carbocycles. The summed E-state index contributed by atoms with van der Waals surface area (Å²) in [5.41, 5.74) is 1.53. The van der Waals surface area contributed by atoms with Crippen LogP contribution in [0.1, 0.15) is 71.8 Å². The molecule has 0 fully saturated rings. The molecular formula is C18H29OS. The Morgan fingerprint density at radius 2 is 1.75 bits per heavy atom. The van der Waals surface area contributed by atoms with E-state index < -0.39 is 0 Å². The molecule has 0 saturated heterocycles. The first-order chi connectivity index (χ1) is 9.51. The predicted octanol–water partition coefficient (Wildman–Crippen LogP) is 6.28. The van der Waals surface area contributed by atoms with E-state index in [9.17, 15) is 0 Å². The number of ether oxygens (including phenoxy) is 1. The lowest BCUT2D eigenvalue weighted by Gasteiger charge is -2.26. The third kappa shape index (κ3) is 5.32. The highest BCUT2D eigenvalue weighted by Crippen LogP contribution is 2.33. The van der Waals surface area contributed by atoms with Gasteiger partial charge >= 0.3 is 0 Å². The number of benzene rings is 1. The van der Waals surface area contributed by atoms with Crippen molar-refractivity contribution in [1.29, 1.82) is 0 Å². The zero-order chi connectivity index (χ0) is 15.0. The van der Waals surface area contributed by atoms with Crippen molar-refractivity contribution in [1.82, 2.24) is 0 Å². The van der Waals surface area contributed by atoms with Gasteiger partial charge in [0.25, 0.3) is 0 Å². The van der Waals surface area contributed by atoms with Gasteiger partial charge in [-0.1, -0.05) is 72.1 Å². The van der Waals surface area contributed by atoms with Crippen molar-refractivity contribution in [3.8, 4) is 5.75 Å². The van der Waals surface area contributed by atoms with E-state index >= 15 is 0 Å². The Balaban J connectivity index is 2.69. The van der Waals surface area contributed by atoms with Crippen LogP contribution in [0.4, 0.5) is 0 Å². The molecule has 0 aliphatic rings. The predicted molar refractivity (Wildman–Crippen MR) is 89.9 cm³/mol. The molecule has 0 N–H and O–H groups in total. The molecule has 0 atom stereocenters. The first kappa shape index (κ1) is 17.3. The molecule has 2 heteroatoms. The number of hydrogen-bond donors (Lipinski definition) is 0. The zero-order valence-corrected chi connectivity index (χ0v) is 14.3. The number of rotatable bonds is 9. The molecule has 0 bridgehead atoms. The van der Waals surface area contributed by atoms with E-state index in [0.29, 0.717) is 0 Å². The fraction of sp³-hybridized carbons (Fsp3) is 0.667. The molecule has 0 amide bonds. The molecule has 1 rings (SSSR count). The summed E-state index contributed by atoms with van der Waals surface area (Å²) < 4.78 is 5.74. The first-order valence-corrected chi connectivity index (χ1v) is 8.36. The molecule has 1 aromatic carbocycles. The van der Waals surface area contributed by atoms with Crippen LogP contribution in [0.3, 0.4) is 0 Å². The van der Waals surface area contributed by atoms with Crippen LogP contribution in [-0.4, -0.2) is 6.61 Å². The summed E-state index contributed by atoms with van der Waals surface area (Å²) in [6, 6.07) is 6.36. The maximum Gasteiger partial charge on any atom is 0.137 e. The monoisotopic (exact) mass is 293 g/mol. The van der Waals surface area contributed by atoms with Gasteiger partial charge < -0.3 is 4.74 Å². The van der Waals surface area contributed by atoms with Gasteiger partial charge in [-0.25, -0.2) is 0 Å². The van der Waals surface area contributed by atoms with Gasteiger partial charge in [0.1, 0.15) is 5.75 Å². The molecule has 1 nitrogen and oxygen atoms in total. The van der Waals surface area contributed by atoms with Gasteiger partial charge in [0, 0.05) is 0 Å². The number of hydrogen-bond acceptors (Lipinski definition) is 1. The minimum atomic E-state index is 0.199. The van der Waals surface area contributed by atoms with Gasteiger partial charge in [0.2, 0.25) is 0 Å². The fourth-order valence-electron chi connectivity index (χ4n) is 2.34. The summed E-state index contributed by atoms with van der Waals surface area (Å²) in [5.74, 6) is 0.863. The second kappa shape index (κ2) is 8.51. The Morgan fingerprint density at radius 1 is 1.05 bits per heavy atom. The molecular weight excluding hydrogens is 264 g/mol. The Morgan fingerprint density at radius 3 is 2.35 bits per heavy atom. The van der Waals surface area contributed by atoms with Crippen molar-refractivity contribution in [3.63, 3.8) is 0 Å². The van der Waals surface area contributed by atoms with Crippen molar-refractivity contribution in [2.75, 3.05) is 6.61 Å². The van der Waals surface area contributed by atoms with Gasteiger partial charge in [0.15, 0.2) is 0 Å². The van der Waals surface area contributed by atoms with Crippen LogP contribution in [0, 0.1) is 0 Å². The van der Waals surface area contributed by atoms with Crippen molar-refractivity contribution < 1.29 is 4.74 Å². The summed E-state index contributed by atoms with van der Waals surface area (Å²) in [6.07, 6.45) is 7.31. The van der Waals surface area contributed by atoms with Crippen molar-refractivity contribution in [3.05, 3.63) is 23.8 Å². The van der Waals surface area contributed by atoms with E-state index in [4.69, 9.17) is 17.4 Å². The van der Waals surface area contributed by atoms with Crippen LogP contribution in [0.2, 0.25) is 0 Å². The molecule has 1 radical (unpaired) electrons. The van der Waals surface area contributed by atoms with Crippen LogP contribution in [0.15, 0.2) is 23.1 Å². The normalized spacial score (nSPS) is 11.6. The molecule has 0 aliphatic carbocycles. The standard InChI is InChI=1S/C18H29OS/c1-5-7-9-12-18(3,4)15-10-11-16(17(20)14-15)19-13-8-6-2/h10-11,14H,5-9,12-13H2,1-4H3. The molecule has 1 aromatic rings. The molecule has 113 valence electrons. The first-order valence-electron chi connectivity index (χ1n) is 7.95. The molecule has 20 heavy (non-hydrogen) atoms. The van der Waals surface area contributed by atoms with Crippen LogP contribution >= 0.6 is 12.6 Å². The summed E-state index contributed by atoms with van der Waals surface area (Å²) in [7, 11) is 0. The maximum atomic E-state index is 5.74. The van der Waals surface area contributed by atoms with E-state index in [1.165, 1.54) is 31.2 Å². The van der Waals surface area contributed by atoms with Crippen molar-refractivity contribution in [2.24, 2.45) is 0 Å². The van der Waals surface area contributed by atoms with Crippen LogP contribution in [0.5, 0.6) is 5.75 Å². The quantitative estimate of drug-likeness (QED) is 0.487. The molecule has 0 unspecified atom stereocenters. The molecule has 0 heterocycles. The highest BCUT2D eigenvalue weighted by Gasteiger charge is 2.21. The van der Waals surface area contributed by atoms with E-state index in [2.05, 4.69) is 45.9 Å². The highest BCUT2D eigenvalue weighted by atomic mass is 32.1. The second-order valence-electron chi connectivity index (χ2n) is 6.20. The summed E-state index contributed by atoms with van der Waals surface area (Å²) in [5, 5.41) is 0. The molecule has 0 aromatic heterocycles. The van der Waals surface area contributed by atoms with E-state index in [1.54, 1.807) is 0 Å². The second-order valence-corrected chi connectivity index (χ2v) is 6.64. The van der Waals surface area contributed by atoms with Crippen molar-refractivity contribution in [2.45, 2.75) is 76.5 Å². The summed E-state index contributed by atoms with van der Waals surface area (Å²) in [6.45, 7) is 9.80. The van der Waals surface area contributed by atoms with Gasteiger partial charge in [-0.05, 0) is 36.0 Å². The third-order valence-corrected chi connectivity index (χ3v) is 4.21. The van der Waals surface area contributed by atoms with Crippen LogP contribution in [-0.2, 0) is 5.41 Å². The fourth-order valence-corrected chi connectivity index (χ4v) is 2.59. The Kier molecular flexibility index (Phi) is 7.36. The van der Waals surface area contributed by atoms with E-state index in [-0.39, 0.29) is 5.41 Å². The highest BCUT2D eigenvalue weighted by molar-refractivity contribution is 7.80. The summed E-state index contributed by atoms with van der Waals surface area (Å²) >= 11 is 5.47. The topological polar surface area (TPSA) is 9.23 Å². The van der Waals surface area contributed by atoms with Gasteiger partial charge in [-0.2, -0.15) is 0 Å². The Labute approximate surface area is 130 Å². The lowest BCUT2D eigenvalue weighted by atomic mass is 9.80. The Bertz CT molecular complexity index is 398. The smallest absolute Gasteiger partial charge is 0.137 e. The average Bonchev–Trinajstić information content (AvgIpc) is 2.41. The van der Waals surface area contributed by atoms with Gasteiger partial charge in [-0.15, -0.1) is 0 Å². The zero-order valence-electron chi connectivity index (χ0n) is 13.5. The van der Waals surface area contributed by atoms with Crippen LogP contribution < -0.4 is 4.74 Å². The lowest BCUT2D eigenvalue weighted by Crippen LogP contribution is -2.17. The van der Waals surface area contributed by atoms with Gasteiger partial charge in [0.05, 0.1) is 11.5 Å². The van der Waals surface area contributed by atoms with Gasteiger partial charge in [-0.3, -0.25) is 0 Å². The van der Waals surface area contributed by atoms with Crippen molar-refractivity contribution >= 4 is 12.6 Å². The Hall–Kier alpha value is -0.760. The SMILES string of the molecule is CCCCCC(C)(C)c1ccc(OCCCC)c([S])c1. The average molecular weight is 293 g/mol. The molecule has 0 aliphatic heterocycles. The summed E-state index contributed by atoms with van der Waals surface area (Å²) in [4.78, 5) is 0.849. The van der Waals surface area contributed by atoms with Crippen LogP contribution in [0.25, 0.3) is 0 Å². The number of unbranched alkanes of at least 4 members (excludes halogenated alkanes) is 3. The minimum absolute atomic E-state index is 0.199. The lowest BCUT2D eigenvalue weighted by molar-refractivity contribution is 0.302. The maximum absolute atomic E-state index is 5.74. The third-order valence-electron chi connectivity index (χ3n) is 3.89.